The summed E-state index contributed by atoms with van der Waals surface area (Å²) in [6.07, 6.45) is 5.23. The van der Waals surface area contributed by atoms with Gasteiger partial charge in [-0.1, -0.05) is 30.0 Å². The number of para-hydroxylation sites is 2. The fourth-order valence-corrected chi connectivity index (χ4v) is 3.47. The number of benzene rings is 1. The normalized spacial score (nSPS) is 11.0. The zero-order valence-electron chi connectivity index (χ0n) is 13.1. The van der Waals surface area contributed by atoms with Crippen LogP contribution in [0, 0.1) is 6.92 Å². The zero-order chi connectivity index (χ0) is 16.4. The zero-order valence-corrected chi connectivity index (χ0v) is 13.9. The topological polar surface area (TPSA) is 56.5 Å². The van der Waals surface area contributed by atoms with Crippen LogP contribution in [0.1, 0.15) is 11.4 Å². The smallest absolute Gasteiger partial charge is 0.175 e. The van der Waals surface area contributed by atoms with Gasteiger partial charge in [-0.25, -0.2) is 9.97 Å². The number of thioether (sulfide) groups is 1. The molecule has 3 heterocycles. The van der Waals surface area contributed by atoms with Crippen LogP contribution >= 0.6 is 11.8 Å². The number of aryl methyl sites for hydroxylation is 1. The summed E-state index contributed by atoms with van der Waals surface area (Å²) in [5.74, 6) is 1.57. The van der Waals surface area contributed by atoms with E-state index in [1.54, 1.807) is 24.2 Å². The lowest BCUT2D eigenvalue weighted by molar-refractivity contribution is 0.860. The molecule has 0 radical (unpaired) electrons. The van der Waals surface area contributed by atoms with Crippen LogP contribution in [0.4, 0.5) is 0 Å². The van der Waals surface area contributed by atoms with Gasteiger partial charge in [0.05, 0.1) is 22.4 Å². The number of hydrogen-bond donors (Lipinski definition) is 0. The van der Waals surface area contributed by atoms with Gasteiger partial charge in [0.2, 0.25) is 0 Å². The molecule has 0 fully saturated rings. The molecule has 0 spiro atoms. The third kappa shape index (κ3) is 2.76. The van der Waals surface area contributed by atoms with Crippen LogP contribution in [0.25, 0.3) is 16.9 Å². The molecule has 0 amide bonds. The van der Waals surface area contributed by atoms with E-state index in [4.69, 9.17) is 4.98 Å². The average molecular weight is 333 g/mol. The first kappa shape index (κ1) is 14.8. The van der Waals surface area contributed by atoms with Gasteiger partial charge in [0, 0.05) is 24.3 Å². The Morgan fingerprint density at radius 3 is 2.58 bits per heavy atom. The number of hydrogen-bond acceptors (Lipinski definition) is 5. The van der Waals surface area contributed by atoms with E-state index in [0.29, 0.717) is 0 Å². The molecule has 0 saturated carbocycles. The van der Waals surface area contributed by atoms with Crippen molar-refractivity contribution in [2.45, 2.75) is 17.8 Å². The molecule has 118 valence electrons. The van der Waals surface area contributed by atoms with Crippen molar-refractivity contribution in [2.24, 2.45) is 0 Å². The van der Waals surface area contributed by atoms with E-state index >= 15 is 0 Å². The third-order valence-electron chi connectivity index (χ3n) is 3.67. The maximum atomic E-state index is 4.78. The van der Waals surface area contributed by atoms with Crippen molar-refractivity contribution in [1.29, 1.82) is 0 Å². The van der Waals surface area contributed by atoms with Gasteiger partial charge in [-0.3, -0.25) is 14.5 Å². The van der Waals surface area contributed by atoms with E-state index in [1.807, 2.05) is 49.5 Å². The van der Waals surface area contributed by atoms with Crippen LogP contribution in [0.5, 0.6) is 0 Å². The molecule has 4 rings (SSSR count). The highest BCUT2D eigenvalue weighted by Gasteiger charge is 2.15. The molecule has 0 aliphatic carbocycles. The number of aromatic nitrogens is 5. The van der Waals surface area contributed by atoms with E-state index in [0.717, 1.165) is 39.1 Å². The summed E-state index contributed by atoms with van der Waals surface area (Å²) in [6.45, 7) is 1.96. The monoisotopic (exact) mass is 333 g/mol. The first-order chi connectivity index (χ1) is 11.8. The molecule has 0 aliphatic heterocycles. The van der Waals surface area contributed by atoms with Crippen LogP contribution in [-0.4, -0.2) is 24.5 Å². The molecule has 0 bridgehead atoms. The molecule has 0 aliphatic rings. The first-order valence-electron chi connectivity index (χ1n) is 7.61. The summed E-state index contributed by atoms with van der Waals surface area (Å²) in [5, 5.41) is 0.894. The van der Waals surface area contributed by atoms with Crippen molar-refractivity contribution in [3.63, 3.8) is 0 Å². The van der Waals surface area contributed by atoms with Gasteiger partial charge in [-0.2, -0.15) is 0 Å². The Balaban J connectivity index is 1.80. The SMILES string of the molecule is Cc1nccnc1-n1c(SCc2ccccn2)nc2ccccc21. The Morgan fingerprint density at radius 2 is 1.75 bits per heavy atom. The van der Waals surface area contributed by atoms with E-state index in [-0.39, 0.29) is 0 Å². The number of nitrogens with zero attached hydrogens (tertiary/aromatic N) is 5. The van der Waals surface area contributed by atoms with Crippen molar-refractivity contribution in [1.82, 2.24) is 24.5 Å². The summed E-state index contributed by atoms with van der Waals surface area (Å²) in [4.78, 5) is 18.0. The molecule has 3 aromatic heterocycles. The van der Waals surface area contributed by atoms with Crippen molar-refractivity contribution < 1.29 is 0 Å². The largest absolute Gasteiger partial charge is 0.270 e. The molecule has 4 aromatic rings. The summed E-state index contributed by atoms with van der Waals surface area (Å²) in [6, 6.07) is 14.0. The van der Waals surface area contributed by atoms with Gasteiger partial charge in [-0.05, 0) is 31.2 Å². The van der Waals surface area contributed by atoms with Crippen molar-refractivity contribution >= 4 is 22.8 Å². The molecule has 0 atom stereocenters. The van der Waals surface area contributed by atoms with Crippen molar-refractivity contribution in [2.75, 3.05) is 0 Å². The Bertz CT molecular complexity index is 981. The quantitative estimate of drug-likeness (QED) is 0.532. The molecule has 0 saturated heterocycles. The molecule has 0 unspecified atom stereocenters. The number of imidazole rings is 1. The predicted octanol–water partition coefficient (Wildman–Crippen LogP) is 3.81. The van der Waals surface area contributed by atoms with Gasteiger partial charge >= 0.3 is 0 Å². The van der Waals surface area contributed by atoms with Crippen molar-refractivity contribution in [3.05, 3.63) is 72.4 Å². The van der Waals surface area contributed by atoms with Crippen molar-refractivity contribution in [3.8, 4) is 5.82 Å². The number of pyridine rings is 1. The molecule has 24 heavy (non-hydrogen) atoms. The molecular weight excluding hydrogens is 318 g/mol. The van der Waals surface area contributed by atoms with Gasteiger partial charge in [0.15, 0.2) is 11.0 Å². The molecule has 6 heteroatoms. The Labute approximate surface area is 143 Å². The minimum atomic E-state index is 0.753. The van der Waals surface area contributed by atoms with Gasteiger partial charge in [0.25, 0.3) is 0 Å². The number of fused-ring (bicyclic) bond motifs is 1. The minimum Gasteiger partial charge on any atom is -0.270 e. The van der Waals surface area contributed by atoms with Gasteiger partial charge in [-0.15, -0.1) is 0 Å². The van der Waals surface area contributed by atoms with Crippen LogP contribution in [-0.2, 0) is 5.75 Å². The van der Waals surface area contributed by atoms with Gasteiger partial charge in [0.1, 0.15) is 0 Å². The maximum Gasteiger partial charge on any atom is 0.175 e. The Kier molecular flexibility index (Phi) is 3.96. The molecular formula is C18H15N5S. The van der Waals surface area contributed by atoms with Crippen LogP contribution in [0.15, 0.2) is 66.2 Å². The molecule has 0 N–H and O–H groups in total. The second-order valence-corrected chi connectivity index (χ2v) is 6.24. The van der Waals surface area contributed by atoms with Crippen LogP contribution in [0.3, 0.4) is 0 Å². The second kappa shape index (κ2) is 6.41. The Hall–Kier alpha value is -2.73. The molecule has 5 nitrogen and oxygen atoms in total. The fourth-order valence-electron chi connectivity index (χ4n) is 2.55. The summed E-state index contributed by atoms with van der Waals surface area (Å²) < 4.78 is 2.07. The third-order valence-corrected chi connectivity index (χ3v) is 4.64. The molecule has 1 aromatic carbocycles. The predicted molar refractivity (Wildman–Crippen MR) is 95.2 cm³/mol. The lowest BCUT2D eigenvalue weighted by Gasteiger charge is -2.09. The summed E-state index contributed by atoms with van der Waals surface area (Å²) in [5.41, 5.74) is 3.88. The minimum absolute atomic E-state index is 0.753. The highest BCUT2D eigenvalue weighted by atomic mass is 32.2. The van der Waals surface area contributed by atoms with Crippen LogP contribution in [0.2, 0.25) is 0 Å². The lowest BCUT2D eigenvalue weighted by atomic mass is 10.3. The van der Waals surface area contributed by atoms with Crippen LogP contribution < -0.4 is 0 Å². The van der Waals surface area contributed by atoms with Gasteiger partial charge < -0.3 is 0 Å². The maximum absolute atomic E-state index is 4.78. The van der Waals surface area contributed by atoms with E-state index in [2.05, 4.69) is 25.6 Å². The summed E-state index contributed by atoms with van der Waals surface area (Å²) >= 11 is 1.65. The fraction of sp³-hybridized carbons (Fsp3) is 0.111. The summed E-state index contributed by atoms with van der Waals surface area (Å²) in [7, 11) is 0. The first-order valence-corrected chi connectivity index (χ1v) is 8.59. The van der Waals surface area contributed by atoms with E-state index < -0.39 is 0 Å². The Morgan fingerprint density at radius 1 is 0.917 bits per heavy atom. The van der Waals surface area contributed by atoms with E-state index in [1.165, 1.54) is 0 Å². The van der Waals surface area contributed by atoms with E-state index in [9.17, 15) is 0 Å². The lowest BCUT2D eigenvalue weighted by Crippen LogP contribution is -2.03. The number of rotatable bonds is 4. The highest BCUT2D eigenvalue weighted by Crippen LogP contribution is 2.29. The highest BCUT2D eigenvalue weighted by molar-refractivity contribution is 7.98. The second-order valence-electron chi connectivity index (χ2n) is 5.29. The average Bonchev–Trinajstić information content (AvgIpc) is 2.99. The standard InChI is InChI=1S/C18H15N5S/c1-13-17(21-11-10-19-13)23-16-8-3-2-7-15(16)22-18(23)24-12-14-6-4-5-9-20-14/h2-11H,12H2,1H3.